The van der Waals surface area contributed by atoms with Crippen LogP contribution in [0.4, 0.5) is 0 Å². The molecule has 0 aliphatic carbocycles. The number of halogens is 1. The number of carbonyl (C=O) groups is 1. The minimum Gasteiger partial charge on any atom is -0.352 e. The SMILES string of the molecule is CN(C)S(=O)(=O)c1ccc(Cl)c(C(=O)NCCC(c2ccccc2)c2ccccc2)c1. The summed E-state index contributed by atoms with van der Waals surface area (Å²) in [5, 5.41) is 3.09. The van der Waals surface area contributed by atoms with E-state index in [1.165, 1.54) is 43.4 Å². The van der Waals surface area contributed by atoms with Crippen molar-refractivity contribution >= 4 is 27.5 Å². The van der Waals surface area contributed by atoms with E-state index in [0.29, 0.717) is 13.0 Å². The van der Waals surface area contributed by atoms with Crippen LogP contribution in [-0.2, 0) is 10.0 Å². The summed E-state index contributed by atoms with van der Waals surface area (Å²) in [6.45, 7) is 0.411. The van der Waals surface area contributed by atoms with Gasteiger partial charge in [-0.2, -0.15) is 0 Å². The van der Waals surface area contributed by atoms with Gasteiger partial charge in [0.25, 0.3) is 5.91 Å². The molecule has 3 aromatic carbocycles. The number of hydrogen-bond acceptors (Lipinski definition) is 3. The van der Waals surface area contributed by atoms with E-state index in [1.54, 1.807) is 0 Å². The number of hydrogen-bond donors (Lipinski definition) is 1. The minimum atomic E-state index is -3.66. The Balaban J connectivity index is 1.75. The molecular weight excluding hydrogens is 432 g/mol. The van der Waals surface area contributed by atoms with Crippen LogP contribution in [0.5, 0.6) is 0 Å². The third-order valence-corrected chi connectivity index (χ3v) is 7.22. The standard InChI is InChI=1S/C24H25ClN2O3S/c1-27(2)31(29,30)20-13-14-23(25)22(17-20)24(28)26-16-15-21(18-9-5-3-6-10-18)19-11-7-4-8-12-19/h3-14,17,21H,15-16H2,1-2H3,(H,26,28). The normalized spacial score (nSPS) is 11.6. The molecule has 0 aromatic heterocycles. The van der Waals surface area contributed by atoms with Crippen molar-refractivity contribution in [3.63, 3.8) is 0 Å². The second-order valence-electron chi connectivity index (χ2n) is 7.35. The van der Waals surface area contributed by atoms with Gasteiger partial charge < -0.3 is 5.32 Å². The summed E-state index contributed by atoms with van der Waals surface area (Å²) in [6, 6.07) is 24.4. The molecule has 0 unspecified atom stereocenters. The molecule has 0 aliphatic heterocycles. The summed E-state index contributed by atoms with van der Waals surface area (Å²) >= 11 is 6.18. The molecule has 5 nitrogen and oxygen atoms in total. The molecule has 1 N–H and O–H groups in total. The summed E-state index contributed by atoms with van der Waals surface area (Å²) in [4.78, 5) is 12.8. The fraction of sp³-hybridized carbons (Fsp3) is 0.208. The molecule has 31 heavy (non-hydrogen) atoms. The third-order valence-electron chi connectivity index (χ3n) is 5.08. The molecular formula is C24H25ClN2O3S. The highest BCUT2D eigenvalue weighted by Gasteiger charge is 2.21. The highest BCUT2D eigenvalue weighted by Crippen LogP contribution is 2.27. The second-order valence-corrected chi connectivity index (χ2v) is 9.91. The van der Waals surface area contributed by atoms with Crippen LogP contribution in [-0.4, -0.2) is 39.3 Å². The number of amides is 1. The van der Waals surface area contributed by atoms with Crippen LogP contribution in [0.3, 0.4) is 0 Å². The van der Waals surface area contributed by atoms with Crippen LogP contribution < -0.4 is 5.32 Å². The molecule has 0 atom stereocenters. The first-order valence-electron chi connectivity index (χ1n) is 9.91. The summed E-state index contributed by atoms with van der Waals surface area (Å²) < 4.78 is 25.9. The molecule has 3 rings (SSSR count). The third kappa shape index (κ3) is 5.53. The lowest BCUT2D eigenvalue weighted by molar-refractivity contribution is 0.0952. The quantitative estimate of drug-likeness (QED) is 0.541. The fourth-order valence-corrected chi connectivity index (χ4v) is 4.50. The highest BCUT2D eigenvalue weighted by atomic mass is 35.5. The number of sulfonamides is 1. The Labute approximate surface area is 188 Å². The highest BCUT2D eigenvalue weighted by molar-refractivity contribution is 7.89. The number of rotatable bonds is 8. The lowest BCUT2D eigenvalue weighted by Gasteiger charge is -2.19. The maximum atomic E-state index is 12.8. The van der Waals surface area contributed by atoms with E-state index in [9.17, 15) is 13.2 Å². The van der Waals surface area contributed by atoms with Crippen molar-refractivity contribution < 1.29 is 13.2 Å². The van der Waals surface area contributed by atoms with Crippen molar-refractivity contribution in [2.24, 2.45) is 0 Å². The zero-order chi connectivity index (χ0) is 22.4. The van der Waals surface area contributed by atoms with Crippen LogP contribution in [0.25, 0.3) is 0 Å². The average Bonchev–Trinajstić information content (AvgIpc) is 2.77. The molecule has 0 bridgehead atoms. The van der Waals surface area contributed by atoms with E-state index in [2.05, 4.69) is 29.6 Å². The van der Waals surface area contributed by atoms with Crippen molar-refractivity contribution in [3.8, 4) is 0 Å². The van der Waals surface area contributed by atoms with Crippen LogP contribution in [0.15, 0.2) is 83.8 Å². The predicted octanol–water partition coefficient (Wildman–Crippen LogP) is 4.54. The molecule has 0 saturated heterocycles. The Kier molecular flexibility index (Phi) is 7.49. The topological polar surface area (TPSA) is 66.5 Å². The van der Waals surface area contributed by atoms with Gasteiger partial charge in [-0.05, 0) is 35.7 Å². The zero-order valence-corrected chi connectivity index (χ0v) is 19.0. The van der Waals surface area contributed by atoms with Gasteiger partial charge in [-0.25, -0.2) is 12.7 Å². The van der Waals surface area contributed by atoms with Crippen molar-refractivity contribution in [2.75, 3.05) is 20.6 Å². The molecule has 3 aromatic rings. The molecule has 0 spiro atoms. The van der Waals surface area contributed by atoms with Gasteiger partial charge in [0.1, 0.15) is 0 Å². The lowest BCUT2D eigenvalue weighted by atomic mass is 9.88. The number of benzene rings is 3. The van der Waals surface area contributed by atoms with Gasteiger partial charge in [-0.3, -0.25) is 4.79 Å². The van der Waals surface area contributed by atoms with Crippen LogP contribution in [0.2, 0.25) is 5.02 Å². The Morgan fingerprint density at radius 2 is 1.48 bits per heavy atom. The van der Waals surface area contributed by atoms with E-state index in [0.717, 1.165) is 4.31 Å². The number of nitrogens with zero attached hydrogens (tertiary/aromatic N) is 1. The largest absolute Gasteiger partial charge is 0.352 e. The summed E-state index contributed by atoms with van der Waals surface area (Å²) in [5.74, 6) is -0.278. The number of carbonyl (C=O) groups excluding carboxylic acids is 1. The summed E-state index contributed by atoms with van der Waals surface area (Å²) in [5.41, 5.74) is 2.47. The molecule has 0 radical (unpaired) electrons. The van der Waals surface area contributed by atoms with E-state index in [-0.39, 0.29) is 21.4 Å². The molecule has 7 heteroatoms. The van der Waals surface area contributed by atoms with Gasteiger partial charge in [0, 0.05) is 26.6 Å². The first-order valence-corrected chi connectivity index (χ1v) is 11.7. The molecule has 162 valence electrons. The molecule has 0 heterocycles. The smallest absolute Gasteiger partial charge is 0.252 e. The second kappa shape index (κ2) is 10.1. The molecule has 0 aliphatic rings. The van der Waals surface area contributed by atoms with E-state index in [1.807, 2.05) is 36.4 Å². The fourth-order valence-electron chi connectivity index (χ4n) is 3.37. The van der Waals surface area contributed by atoms with Crippen molar-refractivity contribution in [1.29, 1.82) is 0 Å². The summed E-state index contributed by atoms with van der Waals surface area (Å²) in [6.07, 6.45) is 0.688. The Bertz CT molecular complexity index is 1090. The van der Waals surface area contributed by atoms with E-state index < -0.39 is 15.9 Å². The molecule has 1 amide bonds. The zero-order valence-electron chi connectivity index (χ0n) is 17.5. The van der Waals surface area contributed by atoms with Gasteiger partial charge >= 0.3 is 0 Å². The van der Waals surface area contributed by atoms with E-state index in [4.69, 9.17) is 11.6 Å². The van der Waals surface area contributed by atoms with Crippen LogP contribution in [0.1, 0.15) is 33.8 Å². The first-order chi connectivity index (χ1) is 14.8. The van der Waals surface area contributed by atoms with Gasteiger partial charge in [-0.1, -0.05) is 72.3 Å². The van der Waals surface area contributed by atoms with Gasteiger partial charge in [0.05, 0.1) is 15.5 Å². The lowest BCUT2D eigenvalue weighted by Crippen LogP contribution is -2.27. The van der Waals surface area contributed by atoms with Crippen molar-refractivity contribution in [2.45, 2.75) is 17.2 Å². The van der Waals surface area contributed by atoms with E-state index >= 15 is 0 Å². The van der Waals surface area contributed by atoms with Crippen LogP contribution in [0, 0.1) is 0 Å². The minimum absolute atomic E-state index is 0.0264. The first kappa shape index (κ1) is 23.0. The Morgan fingerprint density at radius 1 is 0.935 bits per heavy atom. The maximum absolute atomic E-state index is 12.8. The molecule has 0 fully saturated rings. The van der Waals surface area contributed by atoms with Crippen molar-refractivity contribution in [1.82, 2.24) is 9.62 Å². The predicted molar refractivity (Wildman–Crippen MR) is 124 cm³/mol. The van der Waals surface area contributed by atoms with Crippen LogP contribution >= 0.6 is 11.6 Å². The van der Waals surface area contributed by atoms with Gasteiger partial charge in [0.2, 0.25) is 10.0 Å². The summed E-state index contributed by atoms with van der Waals surface area (Å²) in [7, 11) is -0.778. The number of nitrogens with one attached hydrogen (secondary N) is 1. The molecule has 0 saturated carbocycles. The monoisotopic (exact) mass is 456 g/mol. The Morgan fingerprint density at radius 3 is 2.00 bits per heavy atom. The van der Waals surface area contributed by atoms with Gasteiger partial charge in [-0.15, -0.1) is 0 Å². The Hall–Kier alpha value is -2.67. The van der Waals surface area contributed by atoms with Gasteiger partial charge in [0.15, 0.2) is 0 Å². The average molecular weight is 457 g/mol. The maximum Gasteiger partial charge on any atom is 0.252 e. The van der Waals surface area contributed by atoms with Crippen molar-refractivity contribution in [3.05, 3.63) is 101 Å².